The minimum Gasteiger partial charge on any atom is -0.330 e. The molecule has 1 atom stereocenters. The maximum absolute atomic E-state index is 13.6. The van der Waals surface area contributed by atoms with Crippen molar-refractivity contribution in [2.24, 2.45) is 0 Å². The third-order valence-electron chi connectivity index (χ3n) is 3.65. The summed E-state index contributed by atoms with van der Waals surface area (Å²) in [6.45, 7) is 2.26. The van der Waals surface area contributed by atoms with E-state index < -0.39 is 0 Å². The van der Waals surface area contributed by atoms with E-state index in [1.54, 1.807) is 17.0 Å². The third kappa shape index (κ3) is 1.72. The molecule has 4 heteroatoms. The minimum atomic E-state index is -0.262. The maximum Gasteiger partial charge on any atom is 0.254 e. The van der Waals surface area contributed by atoms with Gasteiger partial charge in [-0.2, -0.15) is 0 Å². The molecule has 0 bridgehead atoms. The quantitative estimate of drug-likeness (QED) is 0.799. The molecule has 1 amide bonds. The van der Waals surface area contributed by atoms with Crippen molar-refractivity contribution in [2.75, 3.05) is 13.1 Å². The number of hydrogen-bond donors (Lipinski definition) is 1. The highest BCUT2D eigenvalue weighted by Crippen LogP contribution is 2.28. The second-order valence-corrected chi connectivity index (χ2v) is 4.70. The third-order valence-corrected chi connectivity index (χ3v) is 3.65. The van der Waals surface area contributed by atoms with E-state index in [9.17, 15) is 9.18 Å². The molecule has 2 aliphatic rings. The Morgan fingerprint density at radius 2 is 2.29 bits per heavy atom. The van der Waals surface area contributed by atoms with Crippen LogP contribution in [0.25, 0.3) is 0 Å². The van der Waals surface area contributed by atoms with Crippen LogP contribution in [0.15, 0.2) is 18.2 Å². The fraction of sp³-hybridized carbons (Fsp3) is 0.462. The van der Waals surface area contributed by atoms with Gasteiger partial charge in [0.2, 0.25) is 0 Å². The molecule has 0 spiro atoms. The Balaban J connectivity index is 1.88. The minimum absolute atomic E-state index is 0.0202. The van der Waals surface area contributed by atoms with Gasteiger partial charge in [-0.25, -0.2) is 4.39 Å². The second-order valence-electron chi connectivity index (χ2n) is 4.70. The molecule has 90 valence electrons. The van der Waals surface area contributed by atoms with Crippen LogP contribution < -0.4 is 5.32 Å². The molecule has 2 heterocycles. The lowest BCUT2D eigenvalue weighted by molar-refractivity contribution is 0.0674. The van der Waals surface area contributed by atoms with Crippen LogP contribution in [0.1, 0.15) is 28.8 Å². The number of nitrogens with one attached hydrogen (secondary N) is 1. The van der Waals surface area contributed by atoms with Gasteiger partial charge in [0.05, 0.1) is 6.54 Å². The van der Waals surface area contributed by atoms with Crippen LogP contribution in [-0.4, -0.2) is 29.9 Å². The van der Waals surface area contributed by atoms with Gasteiger partial charge in [-0.05, 0) is 31.5 Å². The average Bonchev–Trinajstić information content (AvgIpc) is 2.70. The molecule has 1 N–H and O–H groups in total. The lowest BCUT2D eigenvalue weighted by Crippen LogP contribution is -2.46. The van der Waals surface area contributed by atoms with Gasteiger partial charge >= 0.3 is 0 Å². The molecule has 1 saturated heterocycles. The summed E-state index contributed by atoms with van der Waals surface area (Å²) in [5.74, 6) is -0.282. The van der Waals surface area contributed by atoms with Crippen molar-refractivity contribution >= 4 is 5.91 Å². The first-order chi connectivity index (χ1) is 8.27. The van der Waals surface area contributed by atoms with Crippen molar-refractivity contribution < 1.29 is 9.18 Å². The molecule has 3 rings (SSSR count). The molecular weight excluding hydrogens is 219 g/mol. The summed E-state index contributed by atoms with van der Waals surface area (Å²) in [5, 5.41) is 3.29. The summed E-state index contributed by atoms with van der Waals surface area (Å²) in [6.07, 6.45) is 2.08. The van der Waals surface area contributed by atoms with Gasteiger partial charge < -0.3 is 10.2 Å². The van der Waals surface area contributed by atoms with Gasteiger partial charge in [0.1, 0.15) is 5.82 Å². The Bertz CT molecular complexity index is 455. The van der Waals surface area contributed by atoms with Crippen LogP contribution in [-0.2, 0) is 6.54 Å². The fourth-order valence-corrected chi connectivity index (χ4v) is 2.71. The summed E-state index contributed by atoms with van der Waals surface area (Å²) in [6, 6.07) is 4.96. The summed E-state index contributed by atoms with van der Waals surface area (Å²) < 4.78 is 13.6. The largest absolute Gasteiger partial charge is 0.330 e. The summed E-state index contributed by atoms with van der Waals surface area (Å²) in [5.41, 5.74) is 1.10. The van der Waals surface area contributed by atoms with E-state index in [-0.39, 0.29) is 17.8 Å². The second kappa shape index (κ2) is 4.11. The lowest BCUT2D eigenvalue weighted by atomic mass is 10.1. The van der Waals surface area contributed by atoms with Crippen LogP contribution in [0.5, 0.6) is 0 Å². The molecule has 0 unspecified atom stereocenters. The van der Waals surface area contributed by atoms with Crippen LogP contribution in [0.2, 0.25) is 0 Å². The van der Waals surface area contributed by atoms with Gasteiger partial charge in [0.25, 0.3) is 5.91 Å². The number of carbonyl (C=O) groups excluding carboxylic acids is 1. The van der Waals surface area contributed by atoms with Crippen molar-refractivity contribution in [1.29, 1.82) is 0 Å². The monoisotopic (exact) mass is 234 g/mol. The van der Waals surface area contributed by atoms with Crippen molar-refractivity contribution in [3.8, 4) is 0 Å². The Labute approximate surface area is 99.6 Å². The molecule has 3 nitrogen and oxygen atoms in total. The fourth-order valence-electron chi connectivity index (χ4n) is 2.71. The highest BCUT2D eigenvalue weighted by atomic mass is 19.1. The van der Waals surface area contributed by atoms with Crippen LogP contribution in [0.4, 0.5) is 4.39 Å². The van der Waals surface area contributed by atoms with E-state index in [1.165, 1.54) is 6.07 Å². The van der Waals surface area contributed by atoms with Crippen molar-refractivity contribution in [1.82, 2.24) is 10.2 Å². The van der Waals surface area contributed by atoms with Gasteiger partial charge in [-0.1, -0.05) is 6.07 Å². The van der Waals surface area contributed by atoms with Crippen molar-refractivity contribution in [3.63, 3.8) is 0 Å². The van der Waals surface area contributed by atoms with E-state index in [0.29, 0.717) is 17.7 Å². The number of halogens is 1. The van der Waals surface area contributed by atoms with E-state index in [4.69, 9.17) is 0 Å². The highest BCUT2D eigenvalue weighted by molar-refractivity contribution is 5.98. The van der Waals surface area contributed by atoms with Crippen molar-refractivity contribution in [3.05, 3.63) is 35.1 Å². The predicted molar refractivity (Wildman–Crippen MR) is 62.2 cm³/mol. The maximum atomic E-state index is 13.6. The highest BCUT2D eigenvalue weighted by Gasteiger charge is 2.34. The standard InChI is InChI=1S/C13H15FN2O/c14-12-5-1-4-10-11(12)8-16(13(10)17)9-3-2-6-15-7-9/h1,4-5,9,15H,2-3,6-8H2/t9-/m1/s1. The zero-order valence-electron chi connectivity index (χ0n) is 9.58. The molecule has 1 aromatic carbocycles. The zero-order valence-corrected chi connectivity index (χ0v) is 9.58. The summed E-state index contributed by atoms with van der Waals surface area (Å²) in [4.78, 5) is 14.0. The predicted octanol–water partition coefficient (Wildman–Crippen LogP) is 1.53. The number of nitrogens with zero attached hydrogens (tertiary/aromatic N) is 1. The normalized spacial score (nSPS) is 23.9. The molecular formula is C13H15FN2O. The topological polar surface area (TPSA) is 32.3 Å². The first-order valence-corrected chi connectivity index (χ1v) is 6.06. The molecule has 1 fully saturated rings. The molecule has 0 aliphatic carbocycles. The number of benzene rings is 1. The van der Waals surface area contributed by atoms with Crippen molar-refractivity contribution in [2.45, 2.75) is 25.4 Å². The number of carbonyl (C=O) groups is 1. The molecule has 0 radical (unpaired) electrons. The molecule has 2 aliphatic heterocycles. The SMILES string of the molecule is O=C1c2cccc(F)c2CN1[C@@H]1CCCNC1. The Morgan fingerprint density at radius 3 is 3.00 bits per heavy atom. The van der Waals surface area contributed by atoms with Crippen LogP contribution >= 0.6 is 0 Å². The van der Waals surface area contributed by atoms with Crippen LogP contribution in [0.3, 0.4) is 0 Å². The number of rotatable bonds is 1. The molecule has 1 aromatic rings. The smallest absolute Gasteiger partial charge is 0.254 e. The van der Waals surface area contributed by atoms with E-state index in [0.717, 1.165) is 25.9 Å². The van der Waals surface area contributed by atoms with Crippen LogP contribution in [0, 0.1) is 5.82 Å². The first-order valence-electron chi connectivity index (χ1n) is 6.06. The van der Waals surface area contributed by atoms with Gasteiger partial charge in [-0.3, -0.25) is 4.79 Å². The Morgan fingerprint density at radius 1 is 1.41 bits per heavy atom. The molecule has 0 aromatic heterocycles. The Hall–Kier alpha value is -1.42. The average molecular weight is 234 g/mol. The van der Waals surface area contributed by atoms with E-state index >= 15 is 0 Å². The Kier molecular flexibility index (Phi) is 2.59. The summed E-state index contributed by atoms with van der Waals surface area (Å²) >= 11 is 0. The van der Waals surface area contributed by atoms with E-state index in [1.807, 2.05) is 0 Å². The van der Waals surface area contributed by atoms with Gasteiger partial charge in [-0.15, -0.1) is 0 Å². The number of hydrogen-bond acceptors (Lipinski definition) is 2. The van der Waals surface area contributed by atoms with Gasteiger partial charge in [0, 0.05) is 23.7 Å². The van der Waals surface area contributed by atoms with Gasteiger partial charge in [0.15, 0.2) is 0 Å². The number of fused-ring (bicyclic) bond motifs is 1. The zero-order chi connectivity index (χ0) is 11.8. The number of piperidine rings is 1. The molecule has 17 heavy (non-hydrogen) atoms. The van der Waals surface area contributed by atoms with E-state index in [2.05, 4.69) is 5.32 Å². The molecule has 0 saturated carbocycles. The summed E-state index contributed by atoms with van der Waals surface area (Å²) in [7, 11) is 0. The lowest BCUT2D eigenvalue weighted by Gasteiger charge is -2.31. The number of amides is 1. The first kappa shape index (κ1) is 10.7.